The second-order valence-electron chi connectivity index (χ2n) is 9.04. The van der Waals surface area contributed by atoms with Crippen molar-refractivity contribution in [3.63, 3.8) is 0 Å². The predicted molar refractivity (Wildman–Crippen MR) is 155 cm³/mol. The first-order valence-corrected chi connectivity index (χ1v) is 13.4. The van der Waals surface area contributed by atoms with Crippen LogP contribution < -0.4 is 0 Å². The van der Waals surface area contributed by atoms with E-state index >= 15 is 0 Å². The molecule has 1 aliphatic rings. The summed E-state index contributed by atoms with van der Waals surface area (Å²) in [4.78, 5) is 31.4. The van der Waals surface area contributed by atoms with Gasteiger partial charge in [-0.25, -0.2) is 4.98 Å². The molecule has 0 atom stereocenters. The molecule has 38 heavy (non-hydrogen) atoms. The van der Waals surface area contributed by atoms with Crippen LogP contribution in [0.25, 0.3) is 43.5 Å². The van der Waals surface area contributed by atoms with E-state index in [0.717, 1.165) is 32.0 Å². The number of hydrogen-bond donors (Lipinski definition) is 0. The fourth-order valence-corrected chi connectivity index (χ4v) is 6.21. The van der Waals surface area contributed by atoms with Gasteiger partial charge < -0.3 is 0 Å². The molecule has 0 fully saturated rings. The predicted octanol–water partition coefficient (Wildman–Crippen LogP) is 8.68. The molecule has 0 spiro atoms. The van der Waals surface area contributed by atoms with Gasteiger partial charge in [0.15, 0.2) is 17.2 Å². The average molecular weight is 551 g/mol. The molecule has 2 aromatic heterocycles. The summed E-state index contributed by atoms with van der Waals surface area (Å²) in [6.45, 7) is 0. The van der Waals surface area contributed by atoms with Gasteiger partial charge in [-0.2, -0.15) is 0 Å². The van der Waals surface area contributed by atoms with Gasteiger partial charge in [0.25, 0.3) is 0 Å². The minimum atomic E-state index is -0.363. The maximum Gasteiger partial charge on any atom is 0.197 e. The van der Waals surface area contributed by atoms with Crippen molar-refractivity contribution in [2.45, 2.75) is 0 Å². The number of aromatic nitrogens is 2. The van der Waals surface area contributed by atoms with Crippen molar-refractivity contribution >= 4 is 73.3 Å². The van der Waals surface area contributed by atoms with Crippen molar-refractivity contribution in [1.82, 2.24) is 9.55 Å². The maximum absolute atomic E-state index is 13.2. The van der Waals surface area contributed by atoms with Crippen molar-refractivity contribution in [1.29, 1.82) is 0 Å². The Bertz CT molecular complexity index is 1940. The highest BCUT2D eigenvalue weighted by Gasteiger charge is 2.34. The van der Waals surface area contributed by atoms with Gasteiger partial charge in [0.05, 0.1) is 26.0 Å². The van der Waals surface area contributed by atoms with Gasteiger partial charge in [-0.15, -0.1) is 11.3 Å². The summed E-state index contributed by atoms with van der Waals surface area (Å²) in [7, 11) is 0. The van der Waals surface area contributed by atoms with Crippen molar-refractivity contribution in [2.75, 3.05) is 0 Å². The zero-order valence-corrected chi connectivity index (χ0v) is 21.9. The first-order valence-electron chi connectivity index (χ1n) is 11.8. The van der Waals surface area contributed by atoms with Crippen LogP contribution in [-0.4, -0.2) is 21.1 Å². The van der Waals surface area contributed by atoms with E-state index in [9.17, 15) is 9.59 Å². The Morgan fingerprint density at radius 2 is 1.39 bits per heavy atom. The Morgan fingerprint density at radius 3 is 2.11 bits per heavy atom. The highest BCUT2D eigenvalue weighted by atomic mass is 35.5. The normalized spacial score (nSPS) is 13.1. The molecule has 4 nitrogen and oxygen atoms in total. The van der Waals surface area contributed by atoms with Gasteiger partial charge >= 0.3 is 0 Å². The number of hydrogen-bond acceptors (Lipinski definition) is 4. The van der Waals surface area contributed by atoms with Gasteiger partial charge in [-0.1, -0.05) is 77.8 Å². The van der Waals surface area contributed by atoms with Crippen LogP contribution >= 0.6 is 34.5 Å². The van der Waals surface area contributed by atoms with E-state index < -0.39 is 0 Å². The average Bonchev–Trinajstić information content (AvgIpc) is 3.56. The quantitative estimate of drug-likeness (QED) is 0.163. The Labute approximate surface area is 231 Å². The summed E-state index contributed by atoms with van der Waals surface area (Å²) < 4.78 is 2.93. The van der Waals surface area contributed by atoms with Crippen LogP contribution in [0.3, 0.4) is 0 Å². The molecule has 0 aliphatic heterocycles. The number of benzene rings is 4. The van der Waals surface area contributed by atoms with E-state index in [1.54, 1.807) is 17.4 Å². The van der Waals surface area contributed by atoms with E-state index in [0.29, 0.717) is 5.69 Å². The molecule has 6 aromatic rings. The number of thiazole rings is 1. The molecule has 7 rings (SSSR count). The van der Waals surface area contributed by atoms with Gasteiger partial charge in [0.1, 0.15) is 5.01 Å². The number of nitrogens with zero attached hydrogens (tertiary/aromatic N) is 2. The molecule has 0 saturated heterocycles. The molecule has 0 radical (unpaired) electrons. The molecule has 1 aliphatic carbocycles. The van der Waals surface area contributed by atoms with Gasteiger partial charge in [0.2, 0.25) is 0 Å². The first-order chi connectivity index (χ1) is 18.5. The van der Waals surface area contributed by atoms with E-state index in [2.05, 4.69) is 30.3 Å². The largest absolute Gasteiger partial charge is 0.294 e. The van der Waals surface area contributed by atoms with E-state index in [-0.39, 0.29) is 38.3 Å². The van der Waals surface area contributed by atoms with Crippen LogP contribution in [0, 0.1) is 0 Å². The third-order valence-corrected chi connectivity index (χ3v) is 8.49. The van der Waals surface area contributed by atoms with E-state index in [1.807, 2.05) is 53.1 Å². The molecule has 4 aromatic carbocycles. The summed E-state index contributed by atoms with van der Waals surface area (Å²) in [5, 5.41) is 3.71. The zero-order chi connectivity index (χ0) is 26.0. The van der Waals surface area contributed by atoms with Crippen LogP contribution in [-0.2, 0) is 0 Å². The first kappa shape index (κ1) is 23.1. The van der Waals surface area contributed by atoms with E-state index in [4.69, 9.17) is 28.2 Å². The molecular weight excluding hydrogens is 535 g/mol. The fourth-order valence-electron chi connectivity index (χ4n) is 4.89. The number of halogens is 2. The Kier molecular flexibility index (Phi) is 5.34. The summed E-state index contributed by atoms with van der Waals surface area (Å²) in [6, 6.07) is 29.3. The summed E-state index contributed by atoms with van der Waals surface area (Å²) in [5.41, 5.74) is 3.99. The molecule has 0 amide bonds. The van der Waals surface area contributed by atoms with Gasteiger partial charge in [-0.3, -0.25) is 14.2 Å². The third-order valence-electron chi connectivity index (χ3n) is 6.73. The number of para-hydroxylation sites is 1. The number of ketones is 2. The molecule has 0 bridgehead atoms. The van der Waals surface area contributed by atoms with Crippen molar-refractivity contribution in [2.24, 2.45) is 0 Å². The molecule has 7 heteroatoms. The lowest BCUT2D eigenvalue weighted by Crippen LogP contribution is -2.03. The number of fused-ring (bicyclic) bond motifs is 3. The zero-order valence-electron chi connectivity index (χ0n) is 19.6. The Balaban J connectivity index is 1.39. The molecule has 0 N–H and O–H groups in total. The topological polar surface area (TPSA) is 52.0 Å². The van der Waals surface area contributed by atoms with Crippen molar-refractivity contribution < 1.29 is 9.59 Å². The number of carbonyl (C=O) groups excluding carboxylic acids is 2. The summed E-state index contributed by atoms with van der Waals surface area (Å²) in [5.74, 6) is -0.727. The molecule has 2 heterocycles. The highest BCUT2D eigenvalue weighted by Crippen LogP contribution is 2.38. The molecule has 0 unspecified atom stereocenters. The fraction of sp³-hybridized carbons (Fsp3) is 0. The Hall–Kier alpha value is -4.03. The second kappa shape index (κ2) is 8.77. The van der Waals surface area contributed by atoms with E-state index in [1.165, 1.54) is 17.5 Å². The number of rotatable bonds is 3. The van der Waals surface area contributed by atoms with Crippen LogP contribution in [0.1, 0.15) is 26.4 Å². The maximum atomic E-state index is 13.2. The molecular formula is C31H16Cl2N2O2S. The third kappa shape index (κ3) is 3.63. The van der Waals surface area contributed by atoms with Gasteiger partial charge in [-0.05, 0) is 53.2 Å². The van der Waals surface area contributed by atoms with Crippen molar-refractivity contribution in [3.8, 4) is 16.3 Å². The van der Waals surface area contributed by atoms with Crippen LogP contribution in [0.5, 0.6) is 0 Å². The second-order valence-corrected chi connectivity index (χ2v) is 10.9. The lowest BCUT2D eigenvalue weighted by atomic mass is 10.1. The summed E-state index contributed by atoms with van der Waals surface area (Å²) >= 11 is 13.8. The lowest BCUT2D eigenvalue weighted by Gasteiger charge is -2.08. The van der Waals surface area contributed by atoms with Crippen LogP contribution in [0.2, 0.25) is 10.0 Å². The number of allylic oxidation sites excluding steroid dienone is 1. The Morgan fingerprint density at radius 1 is 0.737 bits per heavy atom. The smallest absolute Gasteiger partial charge is 0.197 e. The minimum Gasteiger partial charge on any atom is -0.294 e. The summed E-state index contributed by atoms with van der Waals surface area (Å²) in [6.07, 6.45) is 1.64. The van der Waals surface area contributed by atoms with Gasteiger partial charge in [0, 0.05) is 22.4 Å². The standard InChI is InChI=1S/C31H16Cl2N2O2S/c32-25-15-22-23(16-26(25)33)29(37)24(28(22)36)13-21-14-27-30(35(21)20-8-2-1-3-9-20)34-31(38-27)19-11-10-17-6-4-5-7-18(17)12-19/h1-16H. The van der Waals surface area contributed by atoms with Crippen LogP contribution in [0.4, 0.5) is 0 Å². The van der Waals surface area contributed by atoms with Crippen LogP contribution in [0.15, 0.2) is 96.6 Å². The molecule has 0 saturated carbocycles. The number of Topliss-reactive ketones (excluding diaryl/α,β-unsaturated/α-hetero) is 2. The number of carbonyl (C=O) groups is 2. The monoisotopic (exact) mass is 550 g/mol. The lowest BCUT2D eigenvalue weighted by molar-refractivity contribution is 0.0990. The van der Waals surface area contributed by atoms with Crippen molar-refractivity contribution in [3.05, 3.63) is 123 Å². The minimum absolute atomic E-state index is 0.0791. The SMILES string of the molecule is O=C1C(=Cc2cc3sc(-c4ccc5ccccc5c4)nc3n2-c2ccccc2)C(=O)c2cc(Cl)c(Cl)cc21. The highest BCUT2D eigenvalue weighted by molar-refractivity contribution is 7.21. The molecule has 182 valence electrons.